The third-order valence-electron chi connectivity index (χ3n) is 6.93. The van der Waals surface area contributed by atoms with E-state index in [0.29, 0.717) is 19.4 Å². The van der Waals surface area contributed by atoms with Gasteiger partial charge in [-0.25, -0.2) is 0 Å². The number of allylic oxidation sites excluding steroid dienone is 1. The van der Waals surface area contributed by atoms with Gasteiger partial charge >= 0.3 is 11.9 Å². The maximum atomic E-state index is 12.2. The molecule has 0 aromatic rings. The molecule has 0 spiro atoms. The van der Waals surface area contributed by atoms with Gasteiger partial charge in [0.15, 0.2) is 0 Å². The van der Waals surface area contributed by atoms with Crippen molar-refractivity contribution in [2.24, 2.45) is 11.8 Å². The predicted molar refractivity (Wildman–Crippen MR) is 133 cm³/mol. The second kappa shape index (κ2) is 20.3. The summed E-state index contributed by atoms with van der Waals surface area (Å²) in [7, 11) is 0. The van der Waals surface area contributed by atoms with Crippen LogP contribution >= 0.6 is 0 Å². The summed E-state index contributed by atoms with van der Waals surface area (Å²) in [6.45, 7) is 4.21. The molecule has 0 aromatic carbocycles. The minimum Gasteiger partial charge on any atom is -0.481 e. The van der Waals surface area contributed by atoms with Gasteiger partial charge < -0.3 is 9.84 Å². The zero-order valence-corrected chi connectivity index (χ0v) is 20.7. The molecule has 1 N–H and O–H groups in total. The van der Waals surface area contributed by atoms with Gasteiger partial charge in [0.2, 0.25) is 0 Å². The smallest absolute Gasteiger partial charge is 0.309 e. The second-order valence-corrected chi connectivity index (χ2v) is 9.74. The van der Waals surface area contributed by atoms with E-state index in [1.54, 1.807) is 0 Å². The topological polar surface area (TPSA) is 63.6 Å². The fraction of sp³-hybridized carbons (Fsp3) is 0.857. The summed E-state index contributed by atoms with van der Waals surface area (Å²) in [4.78, 5) is 23.5. The van der Waals surface area contributed by atoms with Crippen molar-refractivity contribution < 1.29 is 19.4 Å². The van der Waals surface area contributed by atoms with Crippen molar-refractivity contribution in [3.05, 3.63) is 12.7 Å². The zero-order chi connectivity index (χ0) is 23.3. The van der Waals surface area contributed by atoms with Crippen LogP contribution in [0.1, 0.15) is 135 Å². The minimum absolute atomic E-state index is 0.291. The molecule has 0 radical (unpaired) electrons. The molecule has 32 heavy (non-hydrogen) atoms. The number of carboxylic acids is 1. The molecule has 4 nitrogen and oxygen atoms in total. The van der Waals surface area contributed by atoms with Crippen molar-refractivity contribution in [3.8, 4) is 0 Å². The van der Waals surface area contributed by atoms with E-state index < -0.39 is 17.8 Å². The van der Waals surface area contributed by atoms with Gasteiger partial charge in [-0.1, -0.05) is 109 Å². The monoisotopic (exact) mass is 450 g/mol. The van der Waals surface area contributed by atoms with Crippen LogP contribution in [-0.2, 0) is 14.3 Å². The molecule has 0 heterocycles. The highest BCUT2D eigenvalue weighted by molar-refractivity contribution is 5.81. The summed E-state index contributed by atoms with van der Waals surface area (Å²) in [6.07, 6.45) is 27.2. The van der Waals surface area contributed by atoms with Gasteiger partial charge in [0.05, 0.1) is 18.4 Å². The predicted octanol–water partition coefficient (Wildman–Crippen LogP) is 8.24. The molecule has 1 aliphatic carbocycles. The number of esters is 1. The van der Waals surface area contributed by atoms with Crippen LogP contribution in [-0.4, -0.2) is 23.7 Å². The highest BCUT2D eigenvalue weighted by Gasteiger charge is 2.36. The Hall–Kier alpha value is -1.32. The first-order chi connectivity index (χ1) is 15.7. The standard InChI is InChI=1S/C28H50O4/c1-2-3-4-5-6-7-8-9-10-11-12-13-14-15-16-17-18-21-24-32-28(31)26-23-20-19-22-25(26)27(29)30/h2,25-26H,1,3-24H2,(H,29,30). The molecule has 0 amide bonds. The highest BCUT2D eigenvalue weighted by atomic mass is 16.5. The number of ether oxygens (including phenoxy) is 1. The minimum atomic E-state index is -0.850. The molecule has 1 rings (SSSR count). The summed E-state index contributed by atoms with van der Waals surface area (Å²) >= 11 is 0. The van der Waals surface area contributed by atoms with Gasteiger partial charge in [-0.15, -0.1) is 6.58 Å². The lowest BCUT2D eigenvalue weighted by atomic mass is 9.79. The van der Waals surface area contributed by atoms with Crippen LogP contribution in [0.25, 0.3) is 0 Å². The maximum Gasteiger partial charge on any atom is 0.309 e. The normalized spacial score (nSPS) is 18.4. The van der Waals surface area contributed by atoms with Crippen LogP contribution in [0.5, 0.6) is 0 Å². The van der Waals surface area contributed by atoms with Crippen molar-refractivity contribution in [2.45, 2.75) is 135 Å². The van der Waals surface area contributed by atoms with Crippen molar-refractivity contribution in [1.29, 1.82) is 0 Å². The Balaban J connectivity index is 1.81. The molecule has 2 atom stereocenters. The van der Waals surface area contributed by atoms with Crippen LogP contribution < -0.4 is 0 Å². The SMILES string of the molecule is C=CCCCCCCCCCCCCCCCCCCOC(=O)C1CCCCC1C(=O)O. The van der Waals surface area contributed by atoms with E-state index in [9.17, 15) is 14.7 Å². The van der Waals surface area contributed by atoms with E-state index in [0.717, 1.165) is 25.7 Å². The molecular formula is C28H50O4. The van der Waals surface area contributed by atoms with Crippen molar-refractivity contribution in [2.75, 3.05) is 6.61 Å². The highest BCUT2D eigenvalue weighted by Crippen LogP contribution is 2.31. The number of hydrogen-bond donors (Lipinski definition) is 1. The number of carbonyl (C=O) groups excluding carboxylic acids is 1. The van der Waals surface area contributed by atoms with E-state index in [-0.39, 0.29) is 5.97 Å². The Morgan fingerprint density at radius 1 is 0.688 bits per heavy atom. The van der Waals surface area contributed by atoms with Crippen molar-refractivity contribution >= 4 is 11.9 Å². The van der Waals surface area contributed by atoms with E-state index in [1.807, 2.05) is 6.08 Å². The van der Waals surface area contributed by atoms with Gasteiger partial charge in [-0.3, -0.25) is 9.59 Å². The van der Waals surface area contributed by atoms with Gasteiger partial charge in [0.25, 0.3) is 0 Å². The molecule has 186 valence electrons. The largest absolute Gasteiger partial charge is 0.481 e. The number of carboxylic acid groups (broad SMARTS) is 1. The first-order valence-electron chi connectivity index (χ1n) is 13.7. The Morgan fingerprint density at radius 2 is 1.09 bits per heavy atom. The fourth-order valence-electron chi connectivity index (χ4n) is 4.85. The fourth-order valence-corrected chi connectivity index (χ4v) is 4.85. The lowest BCUT2D eigenvalue weighted by molar-refractivity contribution is -0.159. The summed E-state index contributed by atoms with van der Waals surface area (Å²) in [5.74, 6) is -2.12. The molecule has 1 fully saturated rings. The molecule has 0 aromatic heterocycles. The Bertz CT molecular complexity index is 488. The number of rotatable bonds is 21. The van der Waals surface area contributed by atoms with Crippen LogP contribution in [0.3, 0.4) is 0 Å². The lowest BCUT2D eigenvalue weighted by Crippen LogP contribution is -2.33. The summed E-state index contributed by atoms with van der Waals surface area (Å²) in [5.41, 5.74) is 0. The Kier molecular flexibility index (Phi) is 18.2. The molecule has 0 bridgehead atoms. The van der Waals surface area contributed by atoms with E-state index in [1.165, 1.54) is 96.3 Å². The zero-order valence-electron chi connectivity index (χ0n) is 20.7. The summed E-state index contributed by atoms with van der Waals surface area (Å²) < 4.78 is 5.39. The van der Waals surface area contributed by atoms with E-state index in [2.05, 4.69) is 6.58 Å². The average Bonchev–Trinajstić information content (AvgIpc) is 2.80. The second-order valence-electron chi connectivity index (χ2n) is 9.74. The third kappa shape index (κ3) is 14.7. The maximum absolute atomic E-state index is 12.2. The van der Waals surface area contributed by atoms with E-state index >= 15 is 0 Å². The van der Waals surface area contributed by atoms with Crippen LogP contribution in [0.4, 0.5) is 0 Å². The number of carbonyl (C=O) groups is 2. The van der Waals surface area contributed by atoms with Crippen molar-refractivity contribution in [1.82, 2.24) is 0 Å². The van der Waals surface area contributed by atoms with Crippen molar-refractivity contribution in [3.63, 3.8) is 0 Å². The van der Waals surface area contributed by atoms with Gasteiger partial charge in [-0.2, -0.15) is 0 Å². The molecular weight excluding hydrogens is 400 g/mol. The molecule has 0 aliphatic heterocycles. The molecule has 4 heteroatoms. The van der Waals surface area contributed by atoms with Gasteiger partial charge in [0, 0.05) is 0 Å². The molecule has 0 saturated heterocycles. The first-order valence-corrected chi connectivity index (χ1v) is 13.7. The molecule has 1 aliphatic rings. The quantitative estimate of drug-likeness (QED) is 0.109. The number of unbranched alkanes of at least 4 members (excludes halogenated alkanes) is 16. The Labute approximate surface area is 197 Å². The Morgan fingerprint density at radius 3 is 1.53 bits per heavy atom. The van der Waals surface area contributed by atoms with Crippen LogP contribution in [0.2, 0.25) is 0 Å². The third-order valence-corrected chi connectivity index (χ3v) is 6.93. The van der Waals surface area contributed by atoms with Gasteiger partial charge in [0.1, 0.15) is 0 Å². The summed E-state index contributed by atoms with van der Waals surface area (Å²) in [6, 6.07) is 0. The summed E-state index contributed by atoms with van der Waals surface area (Å²) in [5, 5.41) is 9.28. The number of hydrogen-bond acceptors (Lipinski definition) is 3. The average molecular weight is 451 g/mol. The van der Waals surface area contributed by atoms with E-state index in [4.69, 9.17) is 4.74 Å². The van der Waals surface area contributed by atoms with Crippen LogP contribution in [0, 0.1) is 11.8 Å². The van der Waals surface area contributed by atoms with Crippen LogP contribution in [0.15, 0.2) is 12.7 Å². The first kappa shape index (κ1) is 28.7. The molecule has 1 saturated carbocycles. The molecule has 2 unspecified atom stereocenters. The van der Waals surface area contributed by atoms with Gasteiger partial charge in [-0.05, 0) is 32.1 Å². The number of aliphatic carboxylic acids is 1. The lowest BCUT2D eigenvalue weighted by Gasteiger charge is -2.26.